The first-order valence-electron chi connectivity index (χ1n) is 7.40. The van der Waals surface area contributed by atoms with Crippen LogP contribution in [0.15, 0.2) is 12.1 Å². The molecule has 0 unspecified atom stereocenters. The Morgan fingerprint density at radius 3 is 2.32 bits per heavy atom. The molecule has 0 spiro atoms. The first kappa shape index (κ1) is 18.4. The molecule has 1 heterocycles. The highest BCUT2D eigenvalue weighted by molar-refractivity contribution is 7.13. The van der Waals surface area contributed by atoms with Crippen LogP contribution in [0.25, 0.3) is 0 Å². The van der Waals surface area contributed by atoms with Crippen LogP contribution in [0, 0.1) is 0 Å². The van der Waals surface area contributed by atoms with Crippen LogP contribution in [0.1, 0.15) is 42.2 Å². The van der Waals surface area contributed by atoms with Crippen molar-refractivity contribution >= 4 is 23.3 Å². The van der Waals surface area contributed by atoms with Gasteiger partial charge in [0.1, 0.15) is 4.88 Å². The number of nitrogens with zero attached hydrogens (tertiary/aromatic N) is 1. The maximum absolute atomic E-state index is 11.7. The third-order valence-corrected chi connectivity index (χ3v) is 4.35. The number of carboxylic acids is 1. The number of aromatic carboxylic acids is 1. The fourth-order valence-electron chi connectivity index (χ4n) is 2.23. The molecule has 0 saturated heterocycles. The van der Waals surface area contributed by atoms with E-state index in [9.17, 15) is 9.59 Å². The molecule has 6 nitrogen and oxygen atoms in total. The van der Waals surface area contributed by atoms with Gasteiger partial charge >= 0.3 is 12.0 Å². The molecule has 0 aliphatic carbocycles. The fraction of sp³-hybridized carbons (Fsp3) is 0.600. The first-order valence-corrected chi connectivity index (χ1v) is 8.22. The van der Waals surface area contributed by atoms with Crippen molar-refractivity contribution in [3.05, 3.63) is 21.9 Å². The second-order valence-electron chi connectivity index (χ2n) is 5.61. The van der Waals surface area contributed by atoms with Crippen LogP contribution in [-0.4, -0.2) is 47.2 Å². The molecule has 0 fully saturated rings. The van der Waals surface area contributed by atoms with Crippen LogP contribution in [-0.2, 0) is 6.54 Å². The summed E-state index contributed by atoms with van der Waals surface area (Å²) in [6, 6.07) is 3.90. The highest BCUT2D eigenvalue weighted by atomic mass is 32.1. The lowest BCUT2D eigenvalue weighted by Gasteiger charge is -2.30. The molecule has 124 valence electrons. The molecule has 0 aliphatic rings. The Hall–Kier alpha value is -1.60. The van der Waals surface area contributed by atoms with Gasteiger partial charge < -0.3 is 15.7 Å². The summed E-state index contributed by atoms with van der Waals surface area (Å²) in [6.07, 6.45) is 0. The van der Waals surface area contributed by atoms with Crippen LogP contribution in [0.5, 0.6) is 0 Å². The number of urea groups is 1. The minimum atomic E-state index is -0.942. The smallest absolute Gasteiger partial charge is 0.345 e. The Morgan fingerprint density at radius 2 is 1.82 bits per heavy atom. The van der Waals surface area contributed by atoms with Crippen molar-refractivity contribution in [1.82, 2.24) is 15.5 Å². The lowest BCUT2D eigenvalue weighted by Crippen LogP contribution is -2.44. The monoisotopic (exact) mass is 327 g/mol. The lowest BCUT2D eigenvalue weighted by molar-refractivity contribution is 0.0702. The molecule has 1 aromatic rings. The maximum atomic E-state index is 11.7. The van der Waals surface area contributed by atoms with Crippen LogP contribution < -0.4 is 10.6 Å². The van der Waals surface area contributed by atoms with Gasteiger partial charge in [0.2, 0.25) is 0 Å². The van der Waals surface area contributed by atoms with Crippen LogP contribution in [0.4, 0.5) is 4.79 Å². The molecule has 2 amide bonds. The van der Waals surface area contributed by atoms with Gasteiger partial charge in [-0.15, -0.1) is 11.3 Å². The zero-order valence-electron chi connectivity index (χ0n) is 13.5. The van der Waals surface area contributed by atoms with Gasteiger partial charge in [0, 0.05) is 30.1 Å². The third-order valence-electron chi connectivity index (χ3n) is 3.28. The van der Waals surface area contributed by atoms with E-state index in [4.69, 9.17) is 5.11 Å². The van der Waals surface area contributed by atoms with E-state index in [1.807, 2.05) is 0 Å². The molecule has 3 N–H and O–H groups in total. The van der Waals surface area contributed by atoms with Gasteiger partial charge in [-0.1, -0.05) is 0 Å². The Labute approximate surface area is 135 Å². The van der Waals surface area contributed by atoms with Gasteiger partial charge in [-0.2, -0.15) is 0 Å². The van der Waals surface area contributed by atoms with Crippen LogP contribution >= 0.6 is 11.3 Å². The summed E-state index contributed by atoms with van der Waals surface area (Å²) in [5.41, 5.74) is 0. The quantitative estimate of drug-likeness (QED) is 0.684. The van der Waals surface area contributed by atoms with E-state index >= 15 is 0 Å². The van der Waals surface area contributed by atoms with Crippen LogP contribution in [0.2, 0.25) is 0 Å². The number of nitrogens with one attached hydrogen (secondary N) is 2. The molecule has 0 saturated carbocycles. The third kappa shape index (κ3) is 6.03. The number of carbonyl (C=O) groups excluding carboxylic acids is 1. The largest absolute Gasteiger partial charge is 0.477 e. The summed E-state index contributed by atoms with van der Waals surface area (Å²) >= 11 is 1.17. The molecule has 0 atom stereocenters. The van der Waals surface area contributed by atoms with Gasteiger partial charge in [0.15, 0.2) is 0 Å². The summed E-state index contributed by atoms with van der Waals surface area (Å²) in [6.45, 7) is 10.3. The lowest BCUT2D eigenvalue weighted by atomic mass is 10.2. The minimum absolute atomic E-state index is 0.238. The average Bonchev–Trinajstić information content (AvgIpc) is 2.89. The maximum Gasteiger partial charge on any atom is 0.345 e. The molecule has 0 radical (unpaired) electrons. The van der Waals surface area contributed by atoms with Gasteiger partial charge in [0.25, 0.3) is 0 Å². The first-order chi connectivity index (χ1) is 10.3. The highest BCUT2D eigenvalue weighted by Crippen LogP contribution is 2.15. The predicted molar refractivity (Wildman–Crippen MR) is 88.5 cm³/mol. The Bertz CT molecular complexity index is 492. The normalized spacial score (nSPS) is 11.2. The van der Waals surface area contributed by atoms with E-state index in [-0.39, 0.29) is 10.9 Å². The number of carbonyl (C=O) groups is 2. The highest BCUT2D eigenvalue weighted by Gasteiger charge is 2.13. The summed E-state index contributed by atoms with van der Waals surface area (Å²) in [5.74, 6) is -0.942. The van der Waals surface area contributed by atoms with Crippen molar-refractivity contribution < 1.29 is 14.7 Å². The van der Waals surface area contributed by atoms with E-state index in [0.29, 0.717) is 25.2 Å². The number of rotatable bonds is 8. The summed E-state index contributed by atoms with van der Waals surface area (Å²) in [7, 11) is 0. The zero-order valence-corrected chi connectivity index (χ0v) is 14.4. The Kier molecular flexibility index (Phi) is 7.34. The zero-order chi connectivity index (χ0) is 16.7. The molecule has 1 aromatic heterocycles. The van der Waals surface area contributed by atoms with Gasteiger partial charge in [0.05, 0.1) is 6.54 Å². The molecule has 0 aromatic carbocycles. The van der Waals surface area contributed by atoms with Gasteiger partial charge in [-0.3, -0.25) is 4.90 Å². The Balaban J connectivity index is 2.30. The minimum Gasteiger partial charge on any atom is -0.477 e. The molecular weight excluding hydrogens is 302 g/mol. The predicted octanol–water partition coefficient (Wildman–Crippen LogP) is 2.36. The van der Waals surface area contributed by atoms with E-state index in [0.717, 1.165) is 11.4 Å². The number of carboxylic acid groups (broad SMARTS) is 1. The molecule has 0 bridgehead atoms. The van der Waals surface area contributed by atoms with Crippen molar-refractivity contribution in [2.75, 3.05) is 13.1 Å². The van der Waals surface area contributed by atoms with E-state index in [1.54, 1.807) is 12.1 Å². The van der Waals surface area contributed by atoms with Gasteiger partial charge in [-0.25, -0.2) is 9.59 Å². The van der Waals surface area contributed by atoms with Crippen molar-refractivity contribution in [2.24, 2.45) is 0 Å². The van der Waals surface area contributed by atoms with Crippen molar-refractivity contribution in [3.63, 3.8) is 0 Å². The summed E-state index contributed by atoms with van der Waals surface area (Å²) in [4.78, 5) is 25.9. The van der Waals surface area contributed by atoms with Crippen molar-refractivity contribution in [2.45, 2.75) is 46.3 Å². The van der Waals surface area contributed by atoms with E-state index in [1.165, 1.54) is 11.3 Å². The van der Waals surface area contributed by atoms with E-state index in [2.05, 4.69) is 43.2 Å². The molecule has 1 rings (SSSR count). The number of hydrogen-bond acceptors (Lipinski definition) is 4. The summed E-state index contributed by atoms with van der Waals surface area (Å²) < 4.78 is 0. The topological polar surface area (TPSA) is 81.7 Å². The van der Waals surface area contributed by atoms with Crippen LogP contribution in [0.3, 0.4) is 0 Å². The average molecular weight is 327 g/mol. The SMILES string of the molecule is CC(C)N(CCNC(=O)NCc1ccc(C(=O)O)s1)C(C)C. The second-order valence-corrected chi connectivity index (χ2v) is 6.77. The fourth-order valence-corrected chi connectivity index (χ4v) is 3.02. The number of amides is 2. The number of thiophene rings is 1. The van der Waals surface area contributed by atoms with Crippen molar-refractivity contribution in [1.29, 1.82) is 0 Å². The molecule has 22 heavy (non-hydrogen) atoms. The van der Waals surface area contributed by atoms with Gasteiger partial charge in [-0.05, 0) is 39.8 Å². The molecule has 0 aliphatic heterocycles. The second kappa shape index (κ2) is 8.75. The molecular formula is C15H25N3O3S. The van der Waals surface area contributed by atoms with E-state index < -0.39 is 5.97 Å². The van der Waals surface area contributed by atoms with Crippen molar-refractivity contribution in [3.8, 4) is 0 Å². The summed E-state index contributed by atoms with van der Waals surface area (Å²) in [5, 5.41) is 14.4. The Morgan fingerprint density at radius 1 is 1.18 bits per heavy atom. The molecule has 7 heteroatoms. The number of hydrogen-bond donors (Lipinski definition) is 3. The standard InChI is InChI=1S/C15H25N3O3S/c1-10(2)18(11(3)4)8-7-16-15(21)17-9-12-5-6-13(22-12)14(19)20/h5-6,10-11H,7-9H2,1-4H3,(H,19,20)(H2,16,17,21).